The minimum absolute atomic E-state index is 0.200. The van der Waals surface area contributed by atoms with Crippen LogP contribution in [-0.2, 0) is 0 Å². The van der Waals surface area contributed by atoms with Gasteiger partial charge in [-0.3, -0.25) is 0 Å². The third-order valence-electron chi connectivity index (χ3n) is 2.67. The van der Waals surface area contributed by atoms with Gasteiger partial charge in [0.2, 0.25) is 0 Å². The zero-order valence-electron chi connectivity index (χ0n) is 9.43. The Labute approximate surface area is 103 Å². The van der Waals surface area contributed by atoms with E-state index in [2.05, 4.69) is 15.3 Å². The summed E-state index contributed by atoms with van der Waals surface area (Å²) in [7, 11) is 0. The number of hydrogen-bond donors (Lipinski definition) is 1. The number of benzene rings is 2. The van der Waals surface area contributed by atoms with Crippen molar-refractivity contribution in [2.24, 2.45) is 5.10 Å². The molecule has 5 heteroatoms. The Hall–Kier alpha value is -2.69. The molecule has 1 N–H and O–H groups in total. The highest BCUT2D eigenvalue weighted by atomic mass is 16.3. The molecule has 1 aromatic heterocycles. The SMILES string of the molecule is Oc1ccc2ccccc2c1/C=N/n1cnnc1. The van der Waals surface area contributed by atoms with Gasteiger partial charge in [-0.05, 0) is 16.8 Å². The number of phenolic OH excluding ortho intramolecular Hbond substituents is 1. The van der Waals surface area contributed by atoms with Gasteiger partial charge in [0, 0.05) is 5.56 Å². The van der Waals surface area contributed by atoms with Gasteiger partial charge in [0.05, 0.1) is 6.21 Å². The lowest BCUT2D eigenvalue weighted by Crippen LogP contribution is -1.90. The highest BCUT2D eigenvalue weighted by Crippen LogP contribution is 2.25. The van der Waals surface area contributed by atoms with Gasteiger partial charge >= 0.3 is 0 Å². The van der Waals surface area contributed by atoms with E-state index in [9.17, 15) is 5.11 Å². The quantitative estimate of drug-likeness (QED) is 0.695. The molecule has 3 rings (SSSR count). The predicted octanol–water partition coefficient (Wildman–Crippen LogP) is 2.02. The number of phenols is 1. The van der Waals surface area contributed by atoms with E-state index in [1.165, 1.54) is 17.3 Å². The fraction of sp³-hybridized carbons (Fsp3) is 0. The average Bonchev–Trinajstić information content (AvgIpc) is 2.91. The van der Waals surface area contributed by atoms with Crippen molar-refractivity contribution in [3.05, 3.63) is 54.6 Å². The minimum atomic E-state index is 0.200. The molecule has 0 unspecified atom stereocenters. The molecule has 3 aromatic rings. The van der Waals surface area contributed by atoms with Gasteiger partial charge in [0.1, 0.15) is 18.4 Å². The Morgan fingerprint density at radius 2 is 1.83 bits per heavy atom. The first-order chi connectivity index (χ1) is 8.84. The Bertz CT molecular complexity index is 704. The largest absolute Gasteiger partial charge is 0.507 e. The smallest absolute Gasteiger partial charge is 0.141 e. The summed E-state index contributed by atoms with van der Waals surface area (Å²) < 4.78 is 1.47. The van der Waals surface area contributed by atoms with E-state index >= 15 is 0 Å². The van der Waals surface area contributed by atoms with Gasteiger partial charge in [-0.2, -0.15) is 5.10 Å². The van der Waals surface area contributed by atoms with Crippen LogP contribution in [0.3, 0.4) is 0 Å². The van der Waals surface area contributed by atoms with E-state index < -0.39 is 0 Å². The number of fused-ring (bicyclic) bond motifs is 1. The summed E-state index contributed by atoms with van der Waals surface area (Å²) in [4.78, 5) is 0. The lowest BCUT2D eigenvalue weighted by atomic mass is 10.0. The number of hydrogen-bond acceptors (Lipinski definition) is 4. The second kappa shape index (κ2) is 4.29. The molecule has 18 heavy (non-hydrogen) atoms. The predicted molar refractivity (Wildman–Crippen MR) is 68.6 cm³/mol. The van der Waals surface area contributed by atoms with Crippen LogP contribution in [0.15, 0.2) is 54.2 Å². The molecule has 5 nitrogen and oxygen atoms in total. The van der Waals surface area contributed by atoms with Crippen LogP contribution < -0.4 is 0 Å². The van der Waals surface area contributed by atoms with Crippen LogP contribution in [0.25, 0.3) is 10.8 Å². The van der Waals surface area contributed by atoms with Crippen molar-refractivity contribution < 1.29 is 5.11 Å². The van der Waals surface area contributed by atoms with Crippen molar-refractivity contribution >= 4 is 17.0 Å². The summed E-state index contributed by atoms with van der Waals surface area (Å²) in [5, 5.41) is 23.4. The molecule has 0 aliphatic carbocycles. The Balaban J connectivity index is 2.13. The summed E-state index contributed by atoms with van der Waals surface area (Å²) in [6.45, 7) is 0. The number of rotatable bonds is 2. The summed E-state index contributed by atoms with van der Waals surface area (Å²) in [5.41, 5.74) is 0.682. The number of aromatic nitrogens is 3. The second-order valence-electron chi connectivity index (χ2n) is 3.81. The molecular weight excluding hydrogens is 228 g/mol. The lowest BCUT2D eigenvalue weighted by Gasteiger charge is -2.04. The van der Waals surface area contributed by atoms with Crippen LogP contribution in [0.2, 0.25) is 0 Å². The van der Waals surface area contributed by atoms with Crippen LogP contribution in [-0.4, -0.2) is 26.2 Å². The highest BCUT2D eigenvalue weighted by molar-refractivity contribution is 6.02. The maximum absolute atomic E-state index is 9.91. The molecule has 0 atom stereocenters. The Morgan fingerprint density at radius 3 is 2.67 bits per heavy atom. The van der Waals surface area contributed by atoms with E-state index in [1.54, 1.807) is 12.3 Å². The number of aromatic hydroxyl groups is 1. The fourth-order valence-corrected chi connectivity index (χ4v) is 1.80. The van der Waals surface area contributed by atoms with Crippen molar-refractivity contribution in [1.29, 1.82) is 0 Å². The summed E-state index contributed by atoms with van der Waals surface area (Å²) in [5.74, 6) is 0.200. The molecule has 0 aliphatic heterocycles. The first-order valence-corrected chi connectivity index (χ1v) is 5.44. The van der Waals surface area contributed by atoms with Crippen LogP contribution in [0, 0.1) is 0 Å². The van der Waals surface area contributed by atoms with Crippen LogP contribution in [0.4, 0.5) is 0 Å². The molecule has 0 spiro atoms. The highest BCUT2D eigenvalue weighted by Gasteiger charge is 2.03. The molecule has 88 valence electrons. The van der Waals surface area contributed by atoms with Gasteiger partial charge in [0.15, 0.2) is 0 Å². The second-order valence-corrected chi connectivity index (χ2v) is 3.81. The lowest BCUT2D eigenvalue weighted by molar-refractivity contribution is 0.475. The van der Waals surface area contributed by atoms with Gasteiger partial charge in [-0.1, -0.05) is 30.3 Å². The first-order valence-electron chi connectivity index (χ1n) is 5.44. The zero-order valence-corrected chi connectivity index (χ0v) is 9.43. The molecule has 0 fully saturated rings. The molecule has 0 amide bonds. The molecular formula is C13H10N4O. The molecule has 0 saturated heterocycles. The molecule has 1 heterocycles. The Kier molecular flexibility index (Phi) is 2.49. The van der Waals surface area contributed by atoms with Gasteiger partial charge in [0.25, 0.3) is 0 Å². The van der Waals surface area contributed by atoms with Gasteiger partial charge in [-0.25, -0.2) is 4.68 Å². The fourth-order valence-electron chi connectivity index (χ4n) is 1.80. The molecule has 0 saturated carbocycles. The summed E-state index contributed by atoms with van der Waals surface area (Å²) >= 11 is 0. The van der Waals surface area contributed by atoms with Crippen LogP contribution >= 0.6 is 0 Å². The number of nitrogens with zero attached hydrogens (tertiary/aromatic N) is 4. The minimum Gasteiger partial charge on any atom is -0.507 e. The molecule has 0 bridgehead atoms. The van der Waals surface area contributed by atoms with E-state index in [0.29, 0.717) is 5.56 Å². The maximum atomic E-state index is 9.91. The first kappa shape index (κ1) is 10.5. The van der Waals surface area contributed by atoms with Crippen molar-refractivity contribution in [1.82, 2.24) is 14.9 Å². The monoisotopic (exact) mass is 238 g/mol. The third kappa shape index (κ3) is 1.82. The average molecular weight is 238 g/mol. The van der Waals surface area contributed by atoms with Crippen molar-refractivity contribution in [3.8, 4) is 5.75 Å². The Morgan fingerprint density at radius 1 is 1.06 bits per heavy atom. The van der Waals surface area contributed by atoms with Crippen molar-refractivity contribution in [2.45, 2.75) is 0 Å². The molecule has 2 aromatic carbocycles. The van der Waals surface area contributed by atoms with E-state index in [-0.39, 0.29) is 5.75 Å². The van der Waals surface area contributed by atoms with Crippen LogP contribution in [0.1, 0.15) is 5.56 Å². The van der Waals surface area contributed by atoms with E-state index in [1.807, 2.05) is 30.3 Å². The van der Waals surface area contributed by atoms with Gasteiger partial charge < -0.3 is 5.11 Å². The van der Waals surface area contributed by atoms with E-state index in [0.717, 1.165) is 10.8 Å². The standard InChI is InChI=1S/C13H10N4O/c18-13-6-5-10-3-1-2-4-11(10)12(13)7-16-17-8-14-15-9-17/h1-9,18H/b16-7+. The molecule has 0 aliphatic rings. The van der Waals surface area contributed by atoms with Crippen molar-refractivity contribution in [3.63, 3.8) is 0 Å². The summed E-state index contributed by atoms with van der Waals surface area (Å²) in [6, 6.07) is 11.4. The van der Waals surface area contributed by atoms with E-state index in [4.69, 9.17) is 0 Å². The van der Waals surface area contributed by atoms with Gasteiger partial charge in [-0.15, -0.1) is 10.2 Å². The zero-order chi connectivity index (χ0) is 12.4. The third-order valence-corrected chi connectivity index (χ3v) is 2.67. The maximum Gasteiger partial charge on any atom is 0.141 e. The normalized spacial score (nSPS) is 11.3. The van der Waals surface area contributed by atoms with Crippen molar-refractivity contribution in [2.75, 3.05) is 0 Å². The molecule has 0 radical (unpaired) electrons. The van der Waals surface area contributed by atoms with Crippen LogP contribution in [0.5, 0.6) is 5.75 Å². The summed E-state index contributed by atoms with van der Waals surface area (Å²) in [6.07, 6.45) is 4.57. The topological polar surface area (TPSA) is 63.3 Å².